The second kappa shape index (κ2) is 8.20. The SMILES string of the molecule is Cc1ccc(C)c(SCC(=O)OCC(=O)Nc2c(C)nn(C)c2C)c1. The standard InChI is InChI=1S/C18H23N3O3S/c1-11-6-7-12(2)15(8-11)25-10-17(23)24-9-16(22)19-18-13(3)20-21(5)14(18)4/h6-8H,9-10H2,1-5H3,(H,19,22). The first-order valence-corrected chi connectivity index (χ1v) is 8.92. The van der Waals surface area contributed by atoms with Crippen LogP contribution in [0.1, 0.15) is 22.5 Å². The highest BCUT2D eigenvalue weighted by Crippen LogP contribution is 2.23. The van der Waals surface area contributed by atoms with E-state index in [1.165, 1.54) is 11.8 Å². The maximum Gasteiger partial charge on any atom is 0.316 e. The lowest BCUT2D eigenvalue weighted by Crippen LogP contribution is -2.22. The number of aryl methyl sites for hydroxylation is 4. The van der Waals surface area contributed by atoms with E-state index < -0.39 is 5.97 Å². The second-order valence-electron chi connectivity index (χ2n) is 5.94. The molecule has 1 heterocycles. The normalized spacial score (nSPS) is 10.6. The smallest absolute Gasteiger partial charge is 0.316 e. The summed E-state index contributed by atoms with van der Waals surface area (Å²) in [5, 5.41) is 6.97. The number of hydrogen-bond donors (Lipinski definition) is 1. The van der Waals surface area contributed by atoms with Gasteiger partial charge in [-0.1, -0.05) is 17.7 Å². The van der Waals surface area contributed by atoms with Crippen molar-refractivity contribution in [3.05, 3.63) is 40.7 Å². The lowest BCUT2D eigenvalue weighted by Gasteiger charge is -2.08. The highest BCUT2D eigenvalue weighted by Gasteiger charge is 2.14. The van der Waals surface area contributed by atoms with Crippen LogP contribution in [0.4, 0.5) is 5.69 Å². The molecule has 1 aromatic carbocycles. The zero-order valence-electron chi connectivity index (χ0n) is 15.2. The molecular formula is C18H23N3O3S. The van der Waals surface area contributed by atoms with Crippen LogP contribution in [0.5, 0.6) is 0 Å². The Hall–Kier alpha value is -2.28. The van der Waals surface area contributed by atoms with Crippen LogP contribution < -0.4 is 5.32 Å². The average molecular weight is 361 g/mol. The van der Waals surface area contributed by atoms with Crippen LogP contribution in [0, 0.1) is 27.7 Å². The molecule has 25 heavy (non-hydrogen) atoms. The van der Waals surface area contributed by atoms with Crippen LogP contribution >= 0.6 is 11.8 Å². The van der Waals surface area contributed by atoms with E-state index in [0.29, 0.717) is 5.69 Å². The number of thioether (sulfide) groups is 1. The third kappa shape index (κ3) is 5.09. The molecule has 0 bridgehead atoms. The minimum Gasteiger partial charge on any atom is -0.455 e. The summed E-state index contributed by atoms with van der Waals surface area (Å²) >= 11 is 1.41. The highest BCUT2D eigenvalue weighted by atomic mass is 32.2. The Morgan fingerprint density at radius 3 is 2.60 bits per heavy atom. The van der Waals surface area contributed by atoms with Crippen molar-refractivity contribution in [2.24, 2.45) is 7.05 Å². The number of esters is 1. The summed E-state index contributed by atoms with van der Waals surface area (Å²) in [5.74, 6) is -0.618. The fraction of sp³-hybridized carbons (Fsp3) is 0.389. The molecule has 1 N–H and O–H groups in total. The lowest BCUT2D eigenvalue weighted by molar-refractivity contribution is -0.144. The zero-order valence-corrected chi connectivity index (χ0v) is 16.0. The molecule has 0 saturated heterocycles. The molecule has 0 aliphatic carbocycles. The molecule has 2 aromatic rings. The first-order chi connectivity index (χ1) is 11.8. The molecular weight excluding hydrogens is 338 g/mol. The molecule has 0 aliphatic rings. The molecule has 1 aromatic heterocycles. The summed E-state index contributed by atoms with van der Waals surface area (Å²) in [5.41, 5.74) is 4.49. The molecule has 1 amide bonds. The molecule has 0 atom stereocenters. The van der Waals surface area contributed by atoms with Crippen LogP contribution in [0.3, 0.4) is 0 Å². The van der Waals surface area contributed by atoms with Gasteiger partial charge in [0.05, 0.1) is 22.8 Å². The number of nitrogens with zero attached hydrogens (tertiary/aromatic N) is 2. The second-order valence-corrected chi connectivity index (χ2v) is 6.95. The van der Waals surface area contributed by atoms with Gasteiger partial charge in [-0.05, 0) is 39.3 Å². The number of amides is 1. The summed E-state index contributed by atoms with van der Waals surface area (Å²) in [6, 6.07) is 6.09. The van der Waals surface area contributed by atoms with Crippen molar-refractivity contribution >= 4 is 29.3 Å². The van der Waals surface area contributed by atoms with E-state index in [1.807, 2.05) is 52.9 Å². The third-order valence-corrected chi connectivity index (χ3v) is 4.96. The van der Waals surface area contributed by atoms with Crippen molar-refractivity contribution in [1.29, 1.82) is 0 Å². The van der Waals surface area contributed by atoms with E-state index in [-0.39, 0.29) is 18.3 Å². The lowest BCUT2D eigenvalue weighted by atomic mass is 10.2. The molecule has 0 aliphatic heterocycles. The van der Waals surface area contributed by atoms with Gasteiger partial charge in [0.25, 0.3) is 5.91 Å². The first kappa shape index (κ1) is 19.1. The fourth-order valence-electron chi connectivity index (χ4n) is 2.32. The highest BCUT2D eigenvalue weighted by molar-refractivity contribution is 8.00. The predicted octanol–water partition coefficient (Wildman–Crippen LogP) is 2.93. The Morgan fingerprint density at radius 2 is 1.96 bits per heavy atom. The minimum atomic E-state index is -0.416. The van der Waals surface area contributed by atoms with Crippen molar-refractivity contribution in [1.82, 2.24) is 9.78 Å². The number of anilines is 1. The van der Waals surface area contributed by atoms with Crippen molar-refractivity contribution in [3.8, 4) is 0 Å². The monoisotopic (exact) mass is 361 g/mol. The van der Waals surface area contributed by atoms with E-state index >= 15 is 0 Å². The maximum atomic E-state index is 12.0. The molecule has 0 radical (unpaired) electrons. The summed E-state index contributed by atoms with van der Waals surface area (Å²) in [7, 11) is 1.81. The van der Waals surface area contributed by atoms with Gasteiger partial charge >= 0.3 is 5.97 Å². The number of aromatic nitrogens is 2. The number of carbonyl (C=O) groups is 2. The number of hydrogen-bond acceptors (Lipinski definition) is 5. The van der Waals surface area contributed by atoms with Gasteiger partial charge in [0.15, 0.2) is 6.61 Å². The molecule has 134 valence electrons. The van der Waals surface area contributed by atoms with Crippen molar-refractivity contribution in [3.63, 3.8) is 0 Å². The average Bonchev–Trinajstić information content (AvgIpc) is 2.80. The largest absolute Gasteiger partial charge is 0.455 e. The van der Waals surface area contributed by atoms with Crippen LogP contribution in [0.25, 0.3) is 0 Å². The molecule has 0 saturated carbocycles. The Kier molecular flexibility index (Phi) is 6.25. The van der Waals surface area contributed by atoms with Gasteiger partial charge in [-0.25, -0.2) is 0 Å². The van der Waals surface area contributed by atoms with Crippen molar-refractivity contribution < 1.29 is 14.3 Å². The van der Waals surface area contributed by atoms with Crippen molar-refractivity contribution in [2.75, 3.05) is 17.7 Å². The van der Waals surface area contributed by atoms with Crippen LogP contribution in [-0.4, -0.2) is 34.0 Å². The zero-order chi connectivity index (χ0) is 18.6. The predicted molar refractivity (Wildman–Crippen MR) is 98.9 cm³/mol. The van der Waals surface area contributed by atoms with Gasteiger partial charge in [-0.2, -0.15) is 5.10 Å². The Balaban J connectivity index is 1.81. The summed E-state index contributed by atoms with van der Waals surface area (Å²) in [6.45, 7) is 7.38. The fourth-order valence-corrected chi connectivity index (χ4v) is 3.24. The summed E-state index contributed by atoms with van der Waals surface area (Å²) in [4.78, 5) is 24.9. The molecule has 0 fully saturated rings. The Bertz CT molecular complexity index is 799. The number of rotatable bonds is 6. The van der Waals surface area contributed by atoms with Gasteiger partial charge in [-0.3, -0.25) is 14.3 Å². The summed E-state index contributed by atoms with van der Waals surface area (Å²) < 4.78 is 6.75. The number of benzene rings is 1. The minimum absolute atomic E-state index is 0.169. The molecule has 2 rings (SSSR count). The topological polar surface area (TPSA) is 73.2 Å². The van der Waals surface area contributed by atoms with E-state index in [0.717, 1.165) is 27.4 Å². The van der Waals surface area contributed by atoms with Crippen LogP contribution in [0.15, 0.2) is 23.1 Å². The molecule has 7 heteroatoms. The Morgan fingerprint density at radius 1 is 1.24 bits per heavy atom. The van der Waals surface area contributed by atoms with E-state index in [1.54, 1.807) is 4.68 Å². The quantitative estimate of drug-likeness (QED) is 0.633. The Labute approximate surface area is 151 Å². The van der Waals surface area contributed by atoms with Gasteiger partial charge < -0.3 is 10.1 Å². The first-order valence-electron chi connectivity index (χ1n) is 7.93. The van der Waals surface area contributed by atoms with Crippen molar-refractivity contribution in [2.45, 2.75) is 32.6 Å². The van der Waals surface area contributed by atoms with Crippen LogP contribution in [-0.2, 0) is 21.4 Å². The number of nitrogens with one attached hydrogen (secondary N) is 1. The van der Waals surface area contributed by atoms with Gasteiger partial charge in [0.2, 0.25) is 0 Å². The number of ether oxygens (including phenoxy) is 1. The van der Waals surface area contributed by atoms with E-state index in [9.17, 15) is 9.59 Å². The molecule has 0 spiro atoms. The maximum absolute atomic E-state index is 12.0. The van der Waals surface area contributed by atoms with Gasteiger partial charge in [0, 0.05) is 11.9 Å². The van der Waals surface area contributed by atoms with E-state index in [4.69, 9.17) is 4.74 Å². The summed E-state index contributed by atoms with van der Waals surface area (Å²) in [6.07, 6.45) is 0. The van der Waals surface area contributed by atoms with Gasteiger partial charge in [0.1, 0.15) is 0 Å². The van der Waals surface area contributed by atoms with E-state index in [2.05, 4.69) is 10.4 Å². The molecule has 0 unspecified atom stereocenters. The van der Waals surface area contributed by atoms with Crippen LogP contribution in [0.2, 0.25) is 0 Å². The molecule has 6 nitrogen and oxygen atoms in total. The third-order valence-electron chi connectivity index (χ3n) is 3.83. The number of carbonyl (C=O) groups excluding carboxylic acids is 2. The van der Waals surface area contributed by atoms with Gasteiger partial charge in [-0.15, -0.1) is 11.8 Å².